The Morgan fingerprint density at radius 1 is 1.00 bits per heavy atom. The molecule has 2 aromatic rings. The Morgan fingerprint density at radius 3 is 2.41 bits per heavy atom. The third kappa shape index (κ3) is 2.46. The minimum Gasteiger partial charge on any atom is -0.250 e. The summed E-state index contributed by atoms with van der Waals surface area (Å²) in [5.41, 5.74) is 1.02. The molecule has 0 atom stereocenters. The number of hydrogen-bond acceptors (Lipinski definition) is 1. The fourth-order valence-corrected chi connectivity index (χ4v) is 1.62. The molecule has 1 heterocycles. The van der Waals surface area contributed by atoms with Gasteiger partial charge in [0.1, 0.15) is 17.3 Å². The van der Waals surface area contributed by atoms with Crippen molar-refractivity contribution in [2.75, 3.05) is 0 Å². The maximum Gasteiger partial charge on any atom is 0.152 e. The van der Waals surface area contributed by atoms with Crippen molar-refractivity contribution >= 4 is 0 Å². The second-order valence-electron chi connectivity index (χ2n) is 3.69. The highest BCUT2D eigenvalue weighted by Gasteiger charge is 2.10. The van der Waals surface area contributed by atoms with Gasteiger partial charge in [0.05, 0.1) is 6.20 Å². The van der Waals surface area contributed by atoms with Crippen molar-refractivity contribution in [1.82, 2.24) is 4.98 Å². The summed E-state index contributed by atoms with van der Waals surface area (Å²) in [4.78, 5) is 3.65. The third-order valence-corrected chi connectivity index (χ3v) is 2.45. The Hall–Kier alpha value is -1.84. The van der Waals surface area contributed by atoms with Gasteiger partial charge in [-0.1, -0.05) is 6.92 Å². The standard InChI is InChI=1S/C13H10F3N/c1-2-8-3-9(5-10(14)4-8)13-12(16)6-11(15)7-17-13/h3-7H,2H2,1H3. The number of aromatic nitrogens is 1. The van der Waals surface area contributed by atoms with Gasteiger partial charge < -0.3 is 0 Å². The zero-order chi connectivity index (χ0) is 12.4. The monoisotopic (exact) mass is 237 g/mol. The van der Waals surface area contributed by atoms with Crippen LogP contribution in [0.4, 0.5) is 13.2 Å². The largest absolute Gasteiger partial charge is 0.250 e. The molecule has 0 saturated heterocycles. The second-order valence-corrected chi connectivity index (χ2v) is 3.69. The number of aryl methyl sites for hydroxylation is 1. The molecule has 4 heteroatoms. The average molecular weight is 237 g/mol. The van der Waals surface area contributed by atoms with E-state index in [0.717, 1.165) is 17.8 Å². The Morgan fingerprint density at radius 2 is 1.76 bits per heavy atom. The number of benzene rings is 1. The average Bonchev–Trinajstić information content (AvgIpc) is 2.28. The van der Waals surface area contributed by atoms with Crippen LogP contribution in [0.1, 0.15) is 12.5 Å². The fraction of sp³-hybridized carbons (Fsp3) is 0.154. The molecule has 0 amide bonds. The predicted octanol–water partition coefficient (Wildman–Crippen LogP) is 3.73. The molecule has 2 rings (SSSR count). The molecular weight excluding hydrogens is 227 g/mol. The van der Waals surface area contributed by atoms with Crippen molar-refractivity contribution in [1.29, 1.82) is 0 Å². The van der Waals surface area contributed by atoms with Crippen LogP contribution in [0.25, 0.3) is 11.3 Å². The van der Waals surface area contributed by atoms with Crippen molar-refractivity contribution in [3.8, 4) is 11.3 Å². The predicted molar refractivity (Wildman–Crippen MR) is 58.9 cm³/mol. The van der Waals surface area contributed by atoms with Crippen LogP contribution in [0, 0.1) is 17.5 Å². The quantitative estimate of drug-likeness (QED) is 0.775. The first-order valence-electron chi connectivity index (χ1n) is 5.21. The summed E-state index contributed by atoms with van der Waals surface area (Å²) in [6, 6.07) is 4.94. The smallest absolute Gasteiger partial charge is 0.152 e. The van der Waals surface area contributed by atoms with Crippen LogP contribution in [-0.2, 0) is 6.42 Å². The van der Waals surface area contributed by atoms with Gasteiger partial charge in [0.25, 0.3) is 0 Å². The van der Waals surface area contributed by atoms with E-state index in [9.17, 15) is 13.2 Å². The summed E-state index contributed by atoms with van der Waals surface area (Å²) in [6.07, 6.45) is 1.54. The molecule has 0 fully saturated rings. The summed E-state index contributed by atoms with van der Waals surface area (Å²) in [7, 11) is 0. The number of rotatable bonds is 2. The first-order valence-corrected chi connectivity index (χ1v) is 5.21. The maximum atomic E-state index is 13.5. The number of hydrogen-bond donors (Lipinski definition) is 0. The van der Waals surface area contributed by atoms with E-state index in [2.05, 4.69) is 4.98 Å². The highest BCUT2D eigenvalue weighted by molar-refractivity contribution is 5.60. The summed E-state index contributed by atoms with van der Waals surface area (Å²) in [5, 5.41) is 0. The lowest BCUT2D eigenvalue weighted by molar-refractivity contribution is 0.576. The van der Waals surface area contributed by atoms with Gasteiger partial charge in [-0.2, -0.15) is 0 Å². The molecule has 88 valence electrons. The summed E-state index contributed by atoms with van der Waals surface area (Å²) >= 11 is 0. The van der Waals surface area contributed by atoms with Gasteiger partial charge in [-0.3, -0.25) is 4.98 Å². The third-order valence-electron chi connectivity index (χ3n) is 2.45. The van der Waals surface area contributed by atoms with Crippen molar-refractivity contribution in [3.05, 3.63) is 53.5 Å². The van der Waals surface area contributed by atoms with Crippen LogP contribution >= 0.6 is 0 Å². The summed E-state index contributed by atoms with van der Waals surface area (Å²) in [6.45, 7) is 1.87. The van der Waals surface area contributed by atoms with E-state index in [1.54, 1.807) is 6.07 Å². The first-order chi connectivity index (χ1) is 8.10. The lowest BCUT2D eigenvalue weighted by Gasteiger charge is -2.05. The molecule has 0 saturated carbocycles. The van der Waals surface area contributed by atoms with Crippen molar-refractivity contribution in [2.45, 2.75) is 13.3 Å². The molecule has 0 N–H and O–H groups in total. The summed E-state index contributed by atoms with van der Waals surface area (Å²) in [5.74, 6) is -2.00. The van der Waals surface area contributed by atoms with E-state index in [0.29, 0.717) is 12.0 Å². The molecule has 1 aromatic heterocycles. The Labute approximate surface area is 96.9 Å². The molecule has 17 heavy (non-hydrogen) atoms. The van der Waals surface area contributed by atoms with Crippen LogP contribution in [0.15, 0.2) is 30.5 Å². The van der Waals surface area contributed by atoms with Gasteiger partial charge in [0.15, 0.2) is 5.82 Å². The number of halogens is 3. The van der Waals surface area contributed by atoms with Gasteiger partial charge >= 0.3 is 0 Å². The van der Waals surface area contributed by atoms with Gasteiger partial charge in [0.2, 0.25) is 0 Å². The lowest BCUT2D eigenvalue weighted by atomic mass is 10.1. The van der Waals surface area contributed by atoms with Gasteiger partial charge in [-0.15, -0.1) is 0 Å². The molecule has 0 radical (unpaired) electrons. The minimum atomic E-state index is -0.794. The Bertz CT molecular complexity index is 552. The molecular formula is C13H10F3N. The molecule has 1 nitrogen and oxygen atoms in total. The molecule has 1 aromatic carbocycles. The van der Waals surface area contributed by atoms with E-state index >= 15 is 0 Å². The van der Waals surface area contributed by atoms with E-state index < -0.39 is 17.5 Å². The van der Waals surface area contributed by atoms with Gasteiger partial charge in [0, 0.05) is 11.6 Å². The second kappa shape index (κ2) is 4.57. The molecule has 0 bridgehead atoms. The minimum absolute atomic E-state index is 0.0411. The molecule has 0 aliphatic rings. The highest BCUT2D eigenvalue weighted by atomic mass is 19.1. The summed E-state index contributed by atoms with van der Waals surface area (Å²) < 4.78 is 39.5. The van der Waals surface area contributed by atoms with E-state index in [-0.39, 0.29) is 5.69 Å². The lowest BCUT2D eigenvalue weighted by Crippen LogP contribution is -1.93. The normalized spacial score (nSPS) is 10.6. The molecule has 0 aliphatic carbocycles. The van der Waals surface area contributed by atoms with Crippen LogP contribution < -0.4 is 0 Å². The van der Waals surface area contributed by atoms with Crippen molar-refractivity contribution in [3.63, 3.8) is 0 Å². The molecule has 0 aliphatic heterocycles. The van der Waals surface area contributed by atoms with E-state index in [1.165, 1.54) is 12.1 Å². The van der Waals surface area contributed by atoms with E-state index in [4.69, 9.17) is 0 Å². The van der Waals surface area contributed by atoms with Crippen molar-refractivity contribution in [2.24, 2.45) is 0 Å². The number of pyridine rings is 1. The Balaban J connectivity index is 2.55. The zero-order valence-electron chi connectivity index (χ0n) is 9.17. The van der Waals surface area contributed by atoms with E-state index in [1.807, 2.05) is 6.92 Å². The molecule has 0 spiro atoms. The van der Waals surface area contributed by atoms with Crippen LogP contribution in [0.5, 0.6) is 0 Å². The topological polar surface area (TPSA) is 12.9 Å². The van der Waals surface area contributed by atoms with Crippen molar-refractivity contribution < 1.29 is 13.2 Å². The first kappa shape index (κ1) is 11.6. The SMILES string of the molecule is CCc1cc(F)cc(-c2ncc(F)cc2F)c1. The highest BCUT2D eigenvalue weighted by Crippen LogP contribution is 2.23. The van der Waals surface area contributed by atoms with Gasteiger partial charge in [-0.25, -0.2) is 13.2 Å². The van der Waals surface area contributed by atoms with Crippen LogP contribution in [0.2, 0.25) is 0 Å². The maximum absolute atomic E-state index is 13.5. The Kier molecular flexibility index (Phi) is 3.13. The fourth-order valence-electron chi connectivity index (χ4n) is 1.62. The van der Waals surface area contributed by atoms with Crippen LogP contribution in [-0.4, -0.2) is 4.98 Å². The number of nitrogens with zero attached hydrogens (tertiary/aromatic N) is 1. The van der Waals surface area contributed by atoms with Gasteiger partial charge in [-0.05, 0) is 30.2 Å². The zero-order valence-corrected chi connectivity index (χ0v) is 9.17. The molecule has 0 unspecified atom stereocenters. The van der Waals surface area contributed by atoms with Crippen LogP contribution in [0.3, 0.4) is 0 Å².